The van der Waals surface area contributed by atoms with Crippen LogP contribution >= 0.6 is 0 Å². The molecule has 1 aliphatic heterocycles. The molecule has 0 radical (unpaired) electrons. The minimum Gasteiger partial charge on any atom is -0.465 e. The topological polar surface area (TPSA) is 58.6 Å². The zero-order chi connectivity index (χ0) is 19.5. The Bertz CT molecular complexity index is 887. The van der Waals surface area contributed by atoms with Gasteiger partial charge in [-0.2, -0.15) is 0 Å². The summed E-state index contributed by atoms with van der Waals surface area (Å²) in [4.78, 5) is 27.5. The molecule has 2 aromatic carbocycles. The van der Waals surface area contributed by atoms with Gasteiger partial charge in [0.2, 0.25) is 5.91 Å². The van der Waals surface area contributed by atoms with E-state index in [1.54, 1.807) is 12.1 Å². The van der Waals surface area contributed by atoms with E-state index in [9.17, 15) is 9.59 Å². The fourth-order valence-electron chi connectivity index (χ4n) is 4.36. The van der Waals surface area contributed by atoms with E-state index in [-0.39, 0.29) is 11.8 Å². The average Bonchev–Trinajstić information content (AvgIpc) is 3.27. The summed E-state index contributed by atoms with van der Waals surface area (Å²) >= 11 is 0. The number of nitrogens with zero attached hydrogens (tertiary/aromatic N) is 1. The zero-order valence-corrected chi connectivity index (χ0v) is 16.2. The Morgan fingerprint density at radius 1 is 1.07 bits per heavy atom. The molecule has 4 rings (SSSR count). The van der Waals surface area contributed by atoms with Gasteiger partial charge in [-0.15, -0.1) is 0 Å². The minimum atomic E-state index is -0.397. The number of carbonyl (C=O) groups excluding carboxylic acids is 2. The second-order valence-electron chi connectivity index (χ2n) is 7.55. The highest BCUT2D eigenvalue weighted by molar-refractivity contribution is 6.01. The van der Waals surface area contributed by atoms with Crippen LogP contribution in [0, 0.1) is 0 Å². The standard InChI is InChI=1S/C23H26N2O3/c1-28-23(27)17-11-12-21(25-13-4-5-14-25)20(15-17)24-22(26)19-10-6-8-16-7-2-3-9-18(16)19/h2-3,7,9,11-12,15,19H,4-6,8,10,13-14H2,1H3,(H,24,26). The van der Waals surface area contributed by atoms with Crippen molar-refractivity contribution in [2.45, 2.75) is 38.0 Å². The number of nitrogens with one attached hydrogen (secondary N) is 1. The number of esters is 1. The highest BCUT2D eigenvalue weighted by Gasteiger charge is 2.27. The van der Waals surface area contributed by atoms with Gasteiger partial charge in [-0.05, 0) is 61.4 Å². The SMILES string of the molecule is COC(=O)c1ccc(N2CCCC2)c(NC(=O)C2CCCc3ccccc32)c1. The number of fused-ring (bicyclic) bond motifs is 1. The van der Waals surface area contributed by atoms with Crippen molar-refractivity contribution in [3.05, 3.63) is 59.2 Å². The van der Waals surface area contributed by atoms with Crippen molar-refractivity contribution >= 4 is 23.3 Å². The first kappa shape index (κ1) is 18.5. The van der Waals surface area contributed by atoms with E-state index in [0.717, 1.165) is 56.4 Å². The van der Waals surface area contributed by atoms with Gasteiger partial charge in [0.25, 0.3) is 0 Å². The predicted molar refractivity (Wildman–Crippen MR) is 110 cm³/mol. The highest BCUT2D eigenvalue weighted by atomic mass is 16.5. The zero-order valence-electron chi connectivity index (χ0n) is 16.2. The number of ether oxygens (including phenoxy) is 1. The van der Waals surface area contributed by atoms with Gasteiger partial charge in [0.15, 0.2) is 0 Å². The number of aryl methyl sites for hydroxylation is 1. The molecule has 5 heteroatoms. The molecular weight excluding hydrogens is 352 g/mol. The third-order valence-electron chi connectivity index (χ3n) is 5.81. The van der Waals surface area contributed by atoms with E-state index in [4.69, 9.17) is 4.74 Å². The van der Waals surface area contributed by atoms with E-state index in [1.165, 1.54) is 12.7 Å². The van der Waals surface area contributed by atoms with Crippen LogP contribution in [0.5, 0.6) is 0 Å². The van der Waals surface area contributed by atoms with Crippen molar-refractivity contribution in [3.8, 4) is 0 Å². The van der Waals surface area contributed by atoms with Gasteiger partial charge >= 0.3 is 5.97 Å². The summed E-state index contributed by atoms with van der Waals surface area (Å²) in [6.45, 7) is 1.93. The number of amides is 1. The summed E-state index contributed by atoms with van der Waals surface area (Å²) in [6, 6.07) is 13.6. The molecule has 0 aromatic heterocycles. The number of hydrogen-bond donors (Lipinski definition) is 1. The molecule has 1 heterocycles. The molecule has 0 spiro atoms. The molecule has 5 nitrogen and oxygen atoms in total. The lowest BCUT2D eigenvalue weighted by molar-refractivity contribution is -0.117. The third-order valence-corrected chi connectivity index (χ3v) is 5.81. The number of carbonyl (C=O) groups is 2. The molecule has 1 amide bonds. The predicted octanol–water partition coefficient (Wildman–Crippen LogP) is 4.13. The van der Waals surface area contributed by atoms with Crippen molar-refractivity contribution in [3.63, 3.8) is 0 Å². The highest BCUT2D eigenvalue weighted by Crippen LogP contribution is 2.35. The van der Waals surface area contributed by atoms with Gasteiger partial charge in [0, 0.05) is 13.1 Å². The molecule has 1 N–H and O–H groups in total. The molecular formula is C23H26N2O3. The van der Waals surface area contributed by atoms with Gasteiger partial charge < -0.3 is 15.0 Å². The Balaban J connectivity index is 1.64. The number of rotatable bonds is 4. The number of anilines is 2. The lowest BCUT2D eigenvalue weighted by Crippen LogP contribution is -2.27. The van der Waals surface area contributed by atoms with E-state index >= 15 is 0 Å². The van der Waals surface area contributed by atoms with Crippen LogP contribution in [0.25, 0.3) is 0 Å². The summed E-state index contributed by atoms with van der Waals surface area (Å²) in [5.74, 6) is -0.556. The maximum Gasteiger partial charge on any atom is 0.337 e. The van der Waals surface area contributed by atoms with Crippen molar-refractivity contribution in [2.24, 2.45) is 0 Å². The largest absolute Gasteiger partial charge is 0.465 e. The van der Waals surface area contributed by atoms with E-state index in [1.807, 2.05) is 18.2 Å². The second-order valence-corrected chi connectivity index (χ2v) is 7.55. The Morgan fingerprint density at radius 2 is 1.86 bits per heavy atom. The summed E-state index contributed by atoms with van der Waals surface area (Å²) < 4.78 is 4.86. The van der Waals surface area contributed by atoms with Crippen LogP contribution in [0.3, 0.4) is 0 Å². The number of benzene rings is 2. The normalized spacial score (nSPS) is 18.5. The van der Waals surface area contributed by atoms with E-state index < -0.39 is 5.97 Å². The van der Waals surface area contributed by atoms with Gasteiger partial charge in [0.1, 0.15) is 0 Å². The van der Waals surface area contributed by atoms with Crippen LogP contribution in [0.15, 0.2) is 42.5 Å². The van der Waals surface area contributed by atoms with Gasteiger partial charge in [-0.1, -0.05) is 24.3 Å². The molecule has 2 aromatic rings. The van der Waals surface area contributed by atoms with Crippen molar-refractivity contribution in [2.75, 3.05) is 30.4 Å². The van der Waals surface area contributed by atoms with Crippen LogP contribution in [-0.2, 0) is 16.0 Å². The van der Waals surface area contributed by atoms with Crippen LogP contribution in [0.1, 0.15) is 53.1 Å². The van der Waals surface area contributed by atoms with Crippen molar-refractivity contribution in [1.82, 2.24) is 0 Å². The van der Waals surface area contributed by atoms with Crippen molar-refractivity contribution in [1.29, 1.82) is 0 Å². The first-order valence-electron chi connectivity index (χ1n) is 10.0. The van der Waals surface area contributed by atoms with Crippen LogP contribution in [0.2, 0.25) is 0 Å². The number of hydrogen-bond acceptors (Lipinski definition) is 4. The summed E-state index contributed by atoms with van der Waals surface area (Å²) in [5, 5.41) is 3.13. The monoisotopic (exact) mass is 378 g/mol. The number of methoxy groups -OCH3 is 1. The maximum absolute atomic E-state index is 13.2. The first-order valence-corrected chi connectivity index (χ1v) is 10.0. The summed E-state index contributed by atoms with van der Waals surface area (Å²) in [5.41, 5.74) is 4.50. The third kappa shape index (κ3) is 3.61. The Kier molecular flexibility index (Phi) is 5.33. The fourth-order valence-corrected chi connectivity index (χ4v) is 4.36. The summed E-state index contributed by atoms with van der Waals surface area (Å²) in [7, 11) is 1.37. The van der Waals surface area contributed by atoms with E-state index in [2.05, 4.69) is 22.3 Å². The first-order chi connectivity index (χ1) is 13.7. The quantitative estimate of drug-likeness (QED) is 0.813. The molecule has 1 saturated heterocycles. The van der Waals surface area contributed by atoms with Gasteiger partial charge in [-0.3, -0.25) is 4.79 Å². The lowest BCUT2D eigenvalue weighted by Gasteiger charge is -2.27. The Labute approximate surface area is 165 Å². The van der Waals surface area contributed by atoms with Crippen LogP contribution in [-0.4, -0.2) is 32.1 Å². The molecule has 1 fully saturated rings. The Morgan fingerprint density at radius 3 is 2.64 bits per heavy atom. The van der Waals surface area contributed by atoms with Gasteiger partial charge in [0.05, 0.1) is 30.0 Å². The van der Waals surface area contributed by atoms with Gasteiger partial charge in [-0.25, -0.2) is 4.79 Å². The van der Waals surface area contributed by atoms with Crippen LogP contribution in [0.4, 0.5) is 11.4 Å². The minimum absolute atomic E-state index is 0.00499. The lowest BCUT2D eigenvalue weighted by atomic mass is 9.82. The fraction of sp³-hybridized carbons (Fsp3) is 0.391. The second kappa shape index (κ2) is 8.05. The Hall–Kier alpha value is -2.82. The average molecular weight is 378 g/mol. The molecule has 146 valence electrons. The molecule has 1 unspecified atom stereocenters. The molecule has 1 atom stereocenters. The molecule has 0 bridgehead atoms. The molecule has 28 heavy (non-hydrogen) atoms. The molecule has 0 saturated carbocycles. The van der Waals surface area contributed by atoms with E-state index in [0.29, 0.717) is 11.3 Å². The van der Waals surface area contributed by atoms with Crippen LogP contribution < -0.4 is 10.2 Å². The maximum atomic E-state index is 13.2. The molecule has 2 aliphatic rings. The van der Waals surface area contributed by atoms with Crippen molar-refractivity contribution < 1.29 is 14.3 Å². The molecule has 1 aliphatic carbocycles. The smallest absolute Gasteiger partial charge is 0.337 e. The summed E-state index contributed by atoms with van der Waals surface area (Å²) in [6.07, 6.45) is 5.16.